The Morgan fingerprint density at radius 3 is 2.39 bits per heavy atom. The van der Waals surface area contributed by atoms with Crippen LogP contribution in [0.2, 0.25) is 0 Å². The number of halogens is 1. The quantitative estimate of drug-likeness (QED) is 0.754. The molecule has 0 saturated heterocycles. The molecule has 0 bridgehead atoms. The Balaban J connectivity index is 2.66. The van der Waals surface area contributed by atoms with Crippen molar-refractivity contribution in [1.82, 2.24) is 4.90 Å². The monoisotopic (exact) mass is 312 g/mol. The predicted octanol–water partition coefficient (Wildman–Crippen LogP) is 3.04. The first-order valence-corrected chi connectivity index (χ1v) is 6.87. The smallest absolute Gasteiger partial charge is 0.160 e. The summed E-state index contributed by atoms with van der Waals surface area (Å²) in [5.41, 5.74) is 1.87. The zero-order valence-electron chi connectivity index (χ0n) is 11.5. The molecule has 0 heterocycles. The highest BCUT2D eigenvalue weighted by Gasteiger charge is 2.08. The predicted molar refractivity (Wildman–Crippen MR) is 80.6 cm³/mol. The van der Waals surface area contributed by atoms with E-state index >= 15 is 0 Å². The van der Waals surface area contributed by atoms with E-state index in [-0.39, 0.29) is 5.78 Å². The molecule has 0 amide bonds. The summed E-state index contributed by atoms with van der Waals surface area (Å²) in [4.78, 5) is 15.7. The van der Waals surface area contributed by atoms with Crippen LogP contribution in [-0.2, 0) is 0 Å². The fraction of sp³-hybridized carbons (Fsp3) is 0.500. The highest BCUT2D eigenvalue weighted by molar-refractivity contribution is 9.10. The second-order valence-electron chi connectivity index (χ2n) is 4.80. The molecule has 0 aromatic heterocycles. The van der Waals surface area contributed by atoms with E-state index in [1.165, 1.54) is 0 Å². The van der Waals surface area contributed by atoms with Gasteiger partial charge in [-0.1, -0.05) is 0 Å². The van der Waals surface area contributed by atoms with Crippen molar-refractivity contribution in [3.05, 3.63) is 28.2 Å². The first-order valence-electron chi connectivity index (χ1n) is 6.08. The summed E-state index contributed by atoms with van der Waals surface area (Å²) in [6.07, 6.45) is 1.12. The van der Waals surface area contributed by atoms with Gasteiger partial charge in [-0.15, -0.1) is 0 Å². The maximum Gasteiger partial charge on any atom is 0.160 e. The number of rotatable bonds is 6. The van der Waals surface area contributed by atoms with Gasteiger partial charge in [-0.3, -0.25) is 4.79 Å². The third-order valence-electron chi connectivity index (χ3n) is 2.87. The van der Waals surface area contributed by atoms with Crippen LogP contribution < -0.4 is 4.90 Å². The molecule has 0 fully saturated rings. The molecule has 0 saturated carbocycles. The summed E-state index contributed by atoms with van der Waals surface area (Å²) in [7, 11) is 6.24. The Morgan fingerprint density at radius 1 is 1.22 bits per heavy atom. The summed E-state index contributed by atoms with van der Waals surface area (Å²) in [5.74, 6) is 0.0867. The summed E-state index contributed by atoms with van der Waals surface area (Å²) < 4.78 is 0.868. The molecule has 0 radical (unpaired) electrons. The molecule has 1 aromatic rings. The van der Waals surface area contributed by atoms with E-state index in [9.17, 15) is 4.79 Å². The van der Waals surface area contributed by atoms with Crippen LogP contribution in [-0.4, -0.2) is 44.9 Å². The maximum atomic E-state index is 11.3. The van der Waals surface area contributed by atoms with Gasteiger partial charge in [0.1, 0.15) is 0 Å². The molecule has 3 nitrogen and oxygen atoms in total. The molecule has 0 atom stereocenters. The van der Waals surface area contributed by atoms with Crippen LogP contribution in [0.1, 0.15) is 23.7 Å². The molecule has 0 N–H and O–H groups in total. The third-order valence-corrected chi connectivity index (χ3v) is 3.53. The van der Waals surface area contributed by atoms with E-state index in [0.717, 1.165) is 35.2 Å². The van der Waals surface area contributed by atoms with Crippen LogP contribution in [0.25, 0.3) is 0 Å². The van der Waals surface area contributed by atoms with Crippen molar-refractivity contribution in [2.45, 2.75) is 13.3 Å². The number of Topliss-reactive ketones (excluding diaryl/α,β-unsaturated/α-hetero) is 1. The molecular weight excluding hydrogens is 292 g/mol. The van der Waals surface area contributed by atoms with Gasteiger partial charge in [0.25, 0.3) is 0 Å². The lowest BCUT2D eigenvalue weighted by Crippen LogP contribution is -2.23. The van der Waals surface area contributed by atoms with Gasteiger partial charge in [-0.25, -0.2) is 0 Å². The molecule has 18 heavy (non-hydrogen) atoms. The van der Waals surface area contributed by atoms with E-state index < -0.39 is 0 Å². The Bertz CT molecular complexity index is 418. The van der Waals surface area contributed by atoms with Gasteiger partial charge in [0.15, 0.2) is 5.78 Å². The average Bonchev–Trinajstić information content (AvgIpc) is 2.27. The number of ketones is 1. The van der Waals surface area contributed by atoms with Crippen molar-refractivity contribution in [3.8, 4) is 0 Å². The Labute approximate surface area is 118 Å². The van der Waals surface area contributed by atoms with Crippen LogP contribution in [0.3, 0.4) is 0 Å². The standard InChI is InChI=1S/C14H21BrN2O/c1-11(18)13-7-6-12(10-14(13)15)17(4)9-5-8-16(2)3/h6-7,10H,5,8-9H2,1-4H3. The second-order valence-corrected chi connectivity index (χ2v) is 5.65. The number of hydrogen-bond acceptors (Lipinski definition) is 3. The van der Waals surface area contributed by atoms with Crippen LogP contribution in [0.15, 0.2) is 22.7 Å². The minimum absolute atomic E-state index is 0.0867. The first-order chi connectivity index (χ1) is 8.41. The number of anilines is 1. The molecule has 0 aliphatic rings. The van der Waals surface area contributed by atoms with E-state index in [1.54, 1.807) is 6.92 Å². The van der Waals surface area contributed by atoms with Crippen LogP contribution in [0.4, 0.5) is 5.69 Å². The second kappa shape index (κ2) is 6.90. The number of carbonyl (C=O) groups excluding carboxylic acids is 1. The molecular formula is C14H21BrN2O. The SMILES string of the molecule is CC(=O)c1ccc(N(C)CCCN(C)C)cc1Br. The lowest BCUT2D eigenvalue weighted by molar-refractivity contribution is 0.101. The molecule has 0 spiro atoms. The number of carbonyl (C=O) groups is 1. The minimum Gasteiger partial charge on any atom is -0.375 e. The summed E-state index contributed by atoms with van der Waals surface area (Å²) in [6, 6.07) is 5.88. The van der Waals surface area contributed by atoms with Crippen molar-refractivity contribution in [3.63, 3.8) is 0 Å². The topological polar surface area (TPSA) is 23.6 Å². The van der Waals surface area contributed by atoms with E-state index in [4.69, 9.17) is 0 Å². The zero-order valence-corrected chi connectivity index (χ0v) is 13.1. The van der Waals surface area contributed by atoms with Gasteiger partial charge in [-0.2, -0.15) is 0 Å². The van der Waals surface area contributed by atoms with Crippen LogP contribution in [0, 0.1) is 0 Å². The van der Waals surface area contributed by atoms with E-state index in [2.05, 4.69) is 46.9 Å². The Morgan fingerprint density at radius 2 is 1.89 bits per heavy atom. The van der Waals surface area contributed by atoms with E-state index in [1.807, 2.05) is 18.2 Å². The van der Waals surface area contributed by atoms with Crippen molar-refractivity contribution in [1.29, 1.82) is 0 Å². The van der Waals surface area contributed by atoms with Crippen molar-refractivity contribution < 1.29 is 4.79 Å². The number of benzene rings is 1. The van der Waals surface area contributed by atoms with Crippen molar-refractivity contribution in [2.24, 2.45) is 0 Å². The Kier molecular flexibility index (Phi) is 5.82. The highest BCUT2D eigenvalue weighted by Crippen LogP contribution is 2.24. The van der Waals surface area contributed by atoms with Gasteiger partial charge in [0, 0.05) is 29.3 Å². The molecule has 0 unspecified atom stereocenters. The molecule has 100 valence electrons. The third kappa shape index (κ3) is 4.42. The summed E-state index contributed by atoms with van der Waals surface area (Å²) in [6.45, 7) is 3.67. The summed E-state index contributed by atoms with van der Waals surface area (Å²) in [5, 5.41) is 0. The molecule has 1 rings (SSSR count). The van der Waals surface area contributed by atoms with Gasteiger partial charge in [-0.05, 0) is 68.1 Å². The average molecular weight is 313 g/mol. The van der Waals surface area contributed by atoms with Gasteiger partial charge in [0.2, 0.25) is 0 Å². The number of hydrogen-bond donors (Lipinski definition) is 0. The van der Waals surface area contributed by atoms with Gasteiger partial charge < -0.3 is 9.80 Å². The maximum absolute atomic E-state index is 11.3. The molecule has 4 heteroatoms. The van der Waals surface area contributed by atoms with Crippen molar-refractivity contribution in [2.75, 3.05) is 39.1 Å². The minimum atomic E-state index is 0.0867. The lowest BCUT2D eigenvalue weighted by Gasteiger charge is -2.21. The molecule has 1 aromatic carbocycles. The largest absolute Gasteiger partial charge is 0.375 e. The van der Waals surface area contributed by atoms with Crippen LogP contribution >= 0.6 is 15.9 Å². The fourth-order valence-electron chi connectivity index (χ4n) is 1.78. The molecule has 0 aliphatic heterocycles. The van der Waals surface area contributed by atoms with Gasteiger partial charge in [0.05, 0.1) is 0 Å². The number of nitrogens with zero attached hydrogens (tertiary/aromatic N) is 2. The normalized spacial score (nSPS) is 10.8. The first kappa shape index (κ1) is 15.2. The van der Waals surface area contributed by atoms with Crippen molar-refractivity contribution >= 4 is 27.4 Å². The van der Waals surface area contributed by atoms with Crippen LogP contribution in [0.5, 0.6) is 0 Å². The Hall–Kier alpha value is -0.870. The van der Waals surface area contributed by atoms with Gasteiger partial charge >= 0.3 is 0 Å². The lowest BCUT2D eigenvalue weighted by atomic mass is 10.1. The zero-order chi connectivity index (χ0) is 13.7. The highest BCUT2D eigenvalue weighted by atomic mass is 79.9. The van der Waals surface area contributed by atoms with E-state index in [0.29, 0.717) is 0 Å². The summed E-state index contributed by atoms with van der Waals surface area (Å²) >= 11 is 3.45. The molecule has 0 aliphatic carbocycles. The fourth-order valence-corrected chi connectivity index (χ4v) is 2.43.